The number of nitrogens with zero attached hydrogens (tertiary/aromatic N) is 1. The molecule has 0 atom stereocenters. The van der Waals surface area contributed by atoms with E-state index in [1.165, 1.54) is 16.5 Å². The molecule has 0 saturated carbocycles. The SMILES string of the molecule is CCOc1ccc(NC(=O)CCSc2cc(C)c3cccc(C)c3n2)cc1. The predicted molar refractivity (Wildman–Crippen MR) is 113 cm³/mol. The zero-order chi connectivity index (χ0) is 19.2. The lowest BCUT2D eigenvalue weighted by molar-refractivity contribution is -0.115. The average molecular weight is 381 g/mol. The molecule has 1 heterocycles. The van der Waals surface area contributed by atoms with Crippen LogP contribution >= 0.6 is 11.8 Å². The first-order chi connectivity index (χ1) is 13.1. The standard InChI is InChI=1S/C22H24N2O2S/c1-4-26-18-10-8-17(9-11-18)23-20(25)12-13-27-21-14-16(3)19-7-5-6-15(2)22(19)24-21/h5-11,14H,4,12-13H2,1-3H3,(H,23,25). The zero-order valence-electron chi connectivity index (χ0n) is 15.9. The Labute approximate surface area is 164 Å². The Morgan fingerprint density at radius 1 is 1.11 bits per heavy atom. The highest BCUT2D eigenvalue weighted by molar-refractivity contribution is 7.99. The molecule has 3 rings (SSSR count). The van der Waals surface area contributed by atoms with E-state index in [1.54, 1.807) is 11.8 Å². The topological polar surface area (TPSA) is 51.2 Å². The van der Waals surface area contributed by atoms with Crippen molar-refractivity contribution >= 4 is 34.3 Å². The number of anilines is 1. The van der Waals surface area contributed by atoms with Gasteiger partial charge in [-0.15, -0.1) is 11.8 Å². The third-order valence-electron chi connectivity index (χ3n) is 4.25. The third-order valence-corrected chi connectivity index (χ3v) is 5.17. The molecule has 1 N–H and O–H groups in total. The number of aryl methyl sites for hydroxylation is 2. The average Bonchev–Trinajstić information content (AvgIpc) is 2.64. The van der Waals surface area contributed by atoms with Crippen molar-refractivity contribution in [3.8, 4) is 5.75 Å². The molecule has 0 aliphatic carbocycles. The van der Waals surface area contributed by atoms with E-state index in [0.717, 1.165) is 22.0 Å². The molecule has 140 valence electrons. The van der Waals surface area contributed by atoms with Crippen LogP contribution in [0.4, 0.5) is 5.69 Å². The molecular formula is C22H24N2O2S. The number of hydrogen-bond acceptors (Lipinski definition) is 4. The molecule has 0 saturated heterocycles. The number of aromatic nitrogens is 1. The van der Waals surface area contributed by atoms with Gasteiger partial charge in [0.25, 0.3) is 0 Å². The summed E-state index contributed by atoms with van der Waals surface area (Å²) in [5, 5.41) is 5.07. The Morgan fingerprint density at radius 3 is 2.63 bits per heavy atom. The monoisotopic (exact) mass is 380 g/mol. The first-order valence-electron chi connectivity index (χ1n) is 9.09. The van der Waals surface area contributed by atoms with Crippen molar-refractivity contribution in [2.45, 2.75) is 32.2 Å². The summed E-state index contributed by atoms with van der Waals surface area (Å²) in [5.41, 5.74) is 4.21. The summed E-state index contributed by atoms with van der Waals surface area (Å²) in [7, 11) is 0. The minimum atomic E-state index is 0.000326. The van der Waals surface area contributed by atoms with Crippen molar-refractivity contribution in [1.82, 2.24) is 4.98 Å². The number of para-hydroxylation sites is 1. The number of rotatable bonds is 7. The van der Waals surface area contributed by atoms with Crippen LogP contribution in [0.1, 0.15) is 24.5 Å². The fourth-order valence-corrected chi connectivity index (χ4v) is 3.79. The lowest BCUT2D eigenvalue weighted by Crippen LogP contribution is -2.12. The lowest BCUT2D eigenvalue weighted by Gasteiger charge is -2.09. The van der Waals surface area contributed by atoms with Gasteiger partial charge in [-0.1, -0.05) is 18.2 Å². The van der Waals surface area contributed by atoms with E-state index < -0.39 is 0 Å². The van der Waals surface area contributed by atoms with Gasteiger partial charge in [-0.05, 0) is 62.2 Å². The summed E-state index contributed by atoms with van der Waals surface area (Å²) >= 11 is 1.61. The van der Waals surface area contributed by atoms with Crippen LogP contribution in [0.2, 0.25) is 0 Å². The number of fused-ring (bicyclic) bond motifs is 1. The Balaban J connectivity index is 1.55. The highest BCUT2D eigenvalue weighted by Crippen LogP contribution is 2.26. The Bertz CT molecular complexity index is 939. The highest BCUT2D eigenvalue weighted by atomic mass is 32.2. The molecule has 0 spiro atoms. The van der Waals surface area contributed by atoms with Gasteiger partial charge >= 0.3 is 0 Å². The van der Waals surface area contributed by atoms with Crippen molar-refractivity contribution in [2.24, 2.45) is 0 Å². The molecule has 0 unspecified atom stereocenters. The molecule has 4 nitrogen and oxygen atoms in total. The number of carbonyl (C=O) groups is 1. The van der Waals surface area contributed by atoms with Crippen molar-refractivity contribution in [3.05, 3.63) is 59.7 Å². The Kier molecular flexibility index (Phi) is 6.35. The van der Waals surface area contributed by atoms with E-state index in [9.17, 15) is 4.79 Å². The number of carbonyl (C=O) groups excluding carboxylic acids is 1. The summed E-state index contributed by atoms with van der Waals surface area (Å²) in [6, 6.07) is 15.8. The maximum atomic E-state index is 12.2. The number of pyridine rings is 1. The van der Waals surface area contributed by atoms with E-state index in [2.05, 4.69) is 43.4 Å². The third kappa shape index (κ3) is 5.01. The van der Waals surface area contributed by atoms with Gasteiger partial charge in [-0.3, -0.25) is 4.79 Å². The smallest absolute Gasteiger partial charge is 0.225 e. The maximum Gasteiger partial charge on any atom is 0.225 e. The van der Waals surface area contributed by atoms with E-state index in [1.807, 2.05) is 31.2 Å². The minimum absolute atomic E-state index is 0.000326. The first kappa shape index (κ1) is 19.2. The van der Waals surface area contributed by atoms with Gasteiger partial charge in [-0.25, -0.2) is 4.98 Å². The minimum Gasteiger partial charge on any atom is -0.494 e. The number of thioether (sulfide) groups is 1. The number of hydrogen-bond donors (Lipinski definition) is 1. The fourth-order valence-electron chi connectivity index (χ4n) is 2.88. The van der Waals surface area contributed by atoms with Gasteiger partial charge in [0.1, 0.15) is 5.75 Å². The summed E-state index contributed by atoms with van der Waals surface area (Å²) < 4.78 is 5.41. The van der Waals surface area contributed by atoms with E-state index in [-0.39, 0.29) is 5.91 Å². The van der Waals surface area contributed by atoms with Gasteiger partial charge in [-0.2, -0.15) is 0 Å². The van der Waals surface area contributed by atoms with Crippen LogP contribution in [0, 0.1) is 13.8 Å². The van der Waals surface area contributed by atoms with Gasteiger partial charge in [0, 0.05) is 23.2 Å². The second kappa shape index (κ2) is 8.91. The van der Waals surface area contributed by atoms with Crippen molar-refractivity contribution in [2.75, 3.05) is 17.7 Å². The molecule has 0 fully saturated rings. The molecule has 3 aromatic rings. The van der Waals surface area contributed by atoms with Crippen molar-refractivity contribution < 1.29 is 9.53 Å². The van der Waals surface area contributed by atoms with Crippen LogP contribution in [-0.4, -0.2) is 23.3 Å². The van der Waals surface area contributed by atoms with E-state index >= 15 is 0 Å². The number of amides is 1. The van der Waals surface area contributed by atoms with Crippen LogP contribution in [0.15, 0.2) is 53.6 Å². The second-order valence-corrected chi connectivity index (χ2v) is 7.47. The van der Waals surface area contributed by atoms with Crippen LogP contribution in [0.5, 0.6) is 5.75 Å². The molecule has 1 amide bonds. The zero-order valence-corrected chi connectivity index (χ0v) is 16.7. The highest BCUT2D eigenvalue weighted by Gasteiger charge is 2.07. The summed E-state index contributed by atoms with van der Waals surface area (Å²) in [5.74, 6) is 1.49. The molecule has 2 aromatic carbocycles. The number of nitrogens with one attached hydrogen (secondary N) is 1. The second-order valence-electron chi connectivity index (χ2n) is 6.35. The lowest BCUT2D eigenvalue weighted by atomic mass is 10.1. The molecule has 0 radical (unpaired) electrons. The van der Waals surface area contributed by atoms with E-state index in [0.29, 0.717) is 18.8 Å². The van der Waals surface area contributed by atoms with Gasteiger partial charge in [0.15, 0.2) is 0 Å². The summed E-state index contributed by atoms with van der Waals surface area (Å²) in [6.07, 6.45) is 0.435. The fraction of sp³-hybridized carbons (Fsp3) is 0.273. The van der Waals surface area contributed by atoms with Gasteiger partial charge in [0.05, 0.1) is 17.1 Å². The molecular weight excluding hydrogens is 356 g/mol. The van der Waals surface area contributed by atoms with Crippen LogP contribution in [-0.2, 0) is 4.79 Å². The normalized spacial score (nSPS) is 10.8. The van der Waals surface area contributed by atoms with Crippen molar-refractivity contribution in [3.63, 3.8) is 0 Å². The summed E-state index contributed by atoms with van der Waals surface area (Å²) in [6.45, 7) is 6.75. The van der Waals surface area contributed by atoms with Gasteiger partial charge < -0.3 is 10.1 Å². The first-order valence-corrected chi connectivity index (χ1v) is 10.1. The number of ether oxygens (including phenoxy) is 1. The largest absolute Gasteiger partial charge is 0.494 e. The van der Waals surface area contributed by atoms with Crippen LogP contribution in [0.25, 0.3) is 10.9 Å². The molecule has 0 bridgehead atoms. The molecule has 0 aliphatic rings. The Hall–Kier alpha value is -2.53. The van der Waals surface area contributed by atoms with Crippen molar-refractivity contribution in [1.29, 1.82) is 0 Å². The van der Waals surface area contributed by atoms with E-state index in [4.69, 9.17) is 9.72 Å². The molecule has 1 aromatic heterocycles. The maximum absolute atomic E-state index is 12.2. The Morgan fingerprint density at radius 2 is 1.89 bits per heavy atom. The van der Waals surface area contributed by atoms with Crippen LogP contribution in [0.3, 0.4) is 0 Å². The number of benzene rings is 2. The molecule has 5 heteroatoms. The van der Waals surface area contributed by atoms with Crippen LogP contribution < -0.4 is 10.1 Å². The van der Waals surface area contributed by atoms with Gasteiger partial charge in [0.2, 0.25) is 5.91 Å². The predicted octanol–water partition coefficient (Wildman–Crippen LogP) is 5.37. The quantitative estimate of drug-likeness (QED) is 0.560. The molecule has 27 heavy (non-hydrogen) atoms. The summed E-state index contributed by atoms with van der Waals surface area (Å²) in [4.78, 5) is 16.9. The molecule has 0 aliphatic heterocycles.